The van der Waals surface area contributed by atoms with Crippen molar-refractivity contribution in [3.63, 3.8) is 0 Å². The predicted octanol–water partition coefficient (Wildman–Crippen LogP) is 3.01. The van der Waals surface area contributed by atoms with Gasteiger partial charge >= 0.3 is 0 Å². The van der Waals surface area contributed by atoms with Crippen LogP contribution in [0.15, 0.2) is 23.1 Å². The van der Waals surface area contributed by atoms with Crippen molar-refractivity contribution >= 4 is 10.8 Å². The van der Waals surface area contributed by atoms with Gasteiger partial charge in [-0.05, 0) is 17.5 Å². The molecule has 0 amide bonds. The number of rotatable bonds is 2. The highest BCUT2D eigenvalue weighted by atomic mass is 32.2. The molecule has 0 aromatic heterocycles. The minimum Gasteiger partial charge on any atom is -0.307 e. The van der Waals surface area contributed by atoms with Gasteiger partial charge in [0.2, 0.25) is 0 Å². The molecule has 1 N–H and O–H groups in total. The molecule has 1 heterocycles. The maximum atomic E-state index is 13.9. The molecule has 0 fully saturated rings. The maximum Gasteiger partial charge on any atom is 0.139 e. The maximum absolute atomic E-state index is 13.9. The Hall–Kier alpha value is -0.740. The van der Waals surface area contributed by atoms with E-state index in [-0.39, 0.29) is 23.0 Å². The summed E-state index contributed by atoms with van der Waals surface area (Å²) in [6, 6.07) is 5.36. The van der Waals surface area contributed by atoms with Gasteiger partial charge < -0.3 is 5.32 Å². The Morgan fingerprint density at radius 3 is 2.61 bits per heavy atom. The first-order valence-electron chi connectivity index (χ1n) is 6.38. The van der Waals surface area contributed by atoms with Crippen molar-refractivity contribution in [2.75, 3.05) is 0 Å². The fourth-order valence-corrected chi connectivity index (χ4v) is 4.12. The molecule has 1 aromatic carbocycles. The highest BCUT2D eigenvalue weighted by molar-refractivity contribution is 7.85. The van der Waals surface area contributed by atoms with Crippen LogP contribution in [0.4, 0.5) is 4.39 Å². The number of benzene rings is 1. The van der Waals surface area contributed by atoms with E-state index in [2.05, 4.69) is 26.1 Å². The van der Waals surface area contributed by atoms with Crippen LogP contribution in [0.25, 0.3) is 0 Å². The van der Waals surface area contributed by atoms with Crippen molar-refractivity contribution in [2.24, 2.45) is 5.92 Å². The minimum atomic E-state index is -1.25. The highest BCUT2D eigenvalue weighted by Crippen LogP contribution is 2.39. The lowest BCUT2D eigenvalue weighted by molar-refractivity contribution is 0.339. The molecule has 0 radical (unpaired) electrons. The van der Waals surface area contributed by atoms with Gasteiger partial charge in [-0.2, -0.15) is 0 Å². The average Bonchev–Trinajstić information content (AvgIpc) is 2.31. The molecule has 100 valence electrons. The molecular formula is C14H20FNOS. The van der Waals surface area contributed by atoms with Crippen molar-refractivity contribution in [1.82, 2.24) is 5.32 Å². The molecule has 0 saturated carbocycles. The monoisotopic (exact) mass is 269 g/mol. The third-order valence-electron chi connectivity index (χ3n) is 3.65. The van der Waals surface area contributed by atoms with Crippen LogP contribution in [-0.2, 0) is 10.8 Å². The van der Waals surface area contributed by atoms with Gasteiger partial charge in [0.1, 0.15) is 5.82 Å². The van der Waals surface area contributed by atoms with Gasteiger partial charge in [-0.25, -0.2) is 4.39 Å². The Morgan fingerprint density at radius 1 is 1.33 bits per heavy atom. The zero-order valence-corrected chi connectivity index (χ0v) is 12.1. The number of hydrogen-bond acceptors (Lipinski definition) is 2. The number of halogens is 1. The Labute approximate surface area is 110 Å². The standard InChI is InChI=1S/C14H20FNOS/c1-8(2)16-13-9(3)10(4)18(17)14-11(13)6-5-7-12(14)15/h5-10,13,16H,1-4H3. The summed E-state index contributed by atoms with van der Waals surface area (Å²) in [4.78, 5) is 0.390. The third-order valence-corrected chi connectivity index (χ3v) is 5.59. The summed E-state index contributed by atoms with van der Waals surface area (Å²) in [5.41, 5.74) is 0.854. The molecule has 4 atom stereocenters. The second kappa shape index (κ2) is 5.10. The van der Waals surface area contributed by atoms with Gasteiger partial charge in [-0.1, -0.05) is 39.8 Å². The molecule has 0 aliphatic carbocycles. The van der Waals surface area contributed by atoms with Crippen LogP contribution in [0, 0.1) is 11.7 Å². The largest absolute Gasteiger partial charge is 0.307 e. The number of hydrogen-bond donors (Lipinski definition) is 1. The summed E-state index contributed by atoms with van der Waals surface area (Å²) in [5, 5.41) is 3.43. The summed E-state index contributed by atoms with van der Waals surface area (Å²) >= 11 is 0. The second-order valence-electron chi connectivity index (χ2n) is 5.32. The van der Waals surface area contributed by atoms with Crippen molar-refractivity contribution in [3.05, 3.63) is 29.6 Å². The van der Waals surface area contributed by atoms with Crippen LogP contribution >= 0.6 is 0 Å². The van der Waals surface area contributed by atoms with E-state index in [4.69, 9.17) is 0 Å². The Kier molecular flexibility index (Phi) is 3.87. The fraction of sp³-hybridized carbons (Fsp3) is 0.571. The molecule has 4 unspecified atom stereocenters. The van der Waals surface area contributed by atoms with Gasteiger partial charge in [0.15, 0.2) is 0 Å². The van der Waals surface area contributed by atoms with E-state index in [9.17, 15) is 8.60 Å². The minimum absolute atomic E-state index is 0.0364. The molecule has 2 nitrogen and oxygen atoms in total. The zero-order chi connectivity index (χ0) is 13.4. The second-order valence-corrected chi connectivity index (χ2v) is 7.07. The molecule has 0 spiro atoms. The molecule has 1 aliphatic heterocycles. The van der Waals surface area contributed by atoms with Crippen molar-refractivity contribution in [1.29, 1.82) is 0 Å². The first-order chi connectivity index (χ1) is 8.43. The van der Waals surface area contributed by atoms with E-state index in [0.29, 0.717) is 10.9 Å². The summed E-state index contributed by atoms with van der Waals surface area (Å²) in [5.74, 6) is -0.123. The van der Waals surface area contributed by atoms with Gasteiger partial charge in [-0.15, -0.1) is 0 Å². The van der Waals surface area contributed by atoms with E-state index in [1.807, 2.05) is 13.0 Å². The lowest BCUT2D eigenvalue weighted by Gasteiger charge is -2.37. The SMILES string of the molecule is CC(C)NC1c2cccc(F)c2S(=O)C(C)C1C. The van der Waals surface area contributed by atoms with Gasteiger partial charge in [0, 0.05) is 17.3 Å². The highest BCUT2D eigenvalue weighted by Gasteiger charge is 2.38. The summed E-state index contributed by atoms with van der Waals surface area (Å²) < 4.78 is 26.2. The smallest absolute Gasteiger partial charge is 0.139 e. The Morgan fingerprint density at radius 2 is 2.00 bits per heavy atom. The van der Waals surface area contributed by atoms with Crippen LogP contribution in [0.1, 0.15) is 39.3 Å². The van der Waals surface area contributed by atoms with Gasteiger partial charge in [-0.3, -0.25) is 4.21 Å². The van der Waals surface area contributed by atoms with Crippen LogP contribution < -0.4 is 5.32 Å². The quantitative estimate of drug-likeness (QED) is 0.894. The Balaban J connectivity index is 2.53. The summed E-state index contributed by atoms with van der Waals surface area (Å²) in [6.45, 7) is 8.16. The van der Waals surface area contributed by atoms with Gasteiger partial charge in [0.05, 0.1) is 15.7 Å². The molecule has 0 bridgehead atoms. The third kappa shape index (κ3) is 2.24. The molecule has 1 aliphatic rings. The molecule has 4 heteroatoms. The lowest BCUT2D eigenvalue weighted by Crippen LogP contribution is -2.41. The van der Waals surface area contributed by atoms with Crippen molar-refractivity contribution in [2.45, 2.75) is 49.9 Å². The Bertz CT molecular complexity index is 475. The molecule has 0 saturated heterocycles. The average molecular weight is 269 g/mol. The van der Waals surface area contributed by atoms with E-state index in [0.717, 1.165) is 5.56 Å². The predicted molar refractivity (Wildman–Crippen MR) is 72.4 cm³/mol. The topological polar surface area (TPSA) is 29.1 Å². The molecule has 1 aromatic rings. The van der Waals surface area contributed by atoms with Crippen molar-refractivity contribution < 1.29 is 8.60 Å². The van der Waals surface area contributed by atoms with E-state index < -0.39 is 10.8 Å². The van der Waals surface area contributed by atoms with Crippen molar-refractivity contribution in [3.8, 4) is 0 Å². The first kappa shape index (κ1) is 13.7. The molecular weight excluding hydrogens is 249 g/mol. The summed E-state index contributed by atoms with van der Waals surface area (Å²) in [6.07, 6.45) is 0. The van der Waals surface area contributed by atoms with Gasteiger partial charge in [0.25, 0.3) is 0 Å². The van der Waals surface area contributed by atoms with E-state index in [1.165, 1.54) is 6.07 Å². The fourth-order valence-electron chi connectivity index (χ4n) is 2.52. The number of nitrogens with one attached hydrogen (secondary N) is 1. The normalized spacial score (nSPS) is 31.4. The van der Waals surface area contributed by atoms with Crippen LogP contribution in [0.3, 0.4) is 0 Å². The van der Waals surface area contributed by atoms with E-state index in [1.54, 1.807) is 6.07 Å². The van der Waals surface area contributed by atoms with E-state index >= 15 is 0 Å². The van der Waals surface area contributed by atoms with Crippen LogP contribution in [-0.4, -0.2) is 15.5 Å². The lowest BCUT2D eigenvalue weighted by atomic mass is 9.90. The van der Waals surface area contributed by atoms with Crippen LogP contribution in [0.2, 0.25) is 0 Å². The molecule has 18 heavy (non-hydrogen) atoms. The first-order valence-corrected chi connectivity index (χ1v) is 7.59. The summed E-state index contributed by atoms with van der Waals surface area (Å²) in [7, 11) is -1.25. The zero-order valence-electron chi connectivity index (χ0n) is 11.2. The molecule has 2 rings (SSSR count). The number of fused-ring (bicyclic) bond motifs is 1. The van der Waals surface area contributed by atoms with Crippen LogP contribution in [0.5, 0.6) is 0 Å².